The van der Waals surface area contributed by atoms with Crippen molar-refractivity contribution in [1.82, 2.24) is 0 Å². The first kappa shape index (κ1) is 17.9. The third-order valence-electron chi connectivity index (χ3n) is 4.13. The van der Waals surface area contributed by atoms with Crippen molar-refractivity contribution in [1.29, 1.82) is 0 Å². The fraction of sp³-hybridized carbons (Fsp3) is 0.235. The van der Waals surface area contributed by atoms with Crippen molar-refractivity contribution in [3.8, 4) is 0 Å². The molecule has 2 aromatic rings. The van der Waals surface area contributed by atoms with Gasteiger partial charge in [0.05, 0.1) is 9.82 Å². The monoisotopic (exact) mass is 375 g/mol. The maximum absolute atomic E-state index is 11.8. The number of sulfone groups is 1. The number of carbonyl (C=O) groups is 1. The van der Waals surface area contributed by atoms with Crippen LogP contribution in [0.15, 0.2) is 47.4 Å². The van der Waals surface area contributed by atoms with Gasteiger partial charge >= 0.3 is 0 Å². The second-order valence-electron chi connectivity index (χ2n) is 6.03. The third-order valence-corrected chi connectivity index (χ3v) is 5.24. The highest BCUT2D eigenvalue weighted by Gasteiger charge is 2.22. The van der Waals surface area contributed by atoms with Crippen LogP contribution in [0.5, 0.6) is 0 Å². The molecule has 0 atom stereocenters. The number of rotatable bonds is 5. The van der Waals surface area contributed by atoms with Gasteiger partial charge in [-0.15, -0.1) is 0 Å². The van der Waals surface area contributed by atoms with Crippen molar-refractivity contribution in [2.75, 3.05) is 23.0 Å². The van der Waals surface area contributed by atoms with E-state index in [4.69, 9.17) is 0 Å². The molecule has 1 heterocycles. The van der Waals surface area contributed by atoms with E-state index in [1.807, 2.05) is 0 Å². The van der Waals surface area contributed by atoms with Gasteiger partial charge in [0.2, 0.25) is 5.91 Å². The van der Waals surface area contributed by atoms with Gasteiger partial charge in [0.25, 0.3) is 5.69 Å². The molecule has 1 saturated heterocycles. The smallest absolute Gasteiger partial charge is 0.293 e. The van der Waals surface area contributed by atoms with Crippen LogP contribution in [-0.2, 0) is 14.6 Å². The van der Waals surface area contributed by atoms with Gasteiger partial charge < -0.3 is 10.2 Å². The minimum atomic E-state index is -3.54. The van der Waals surface area contributed by atoms with Crippen molar-refractivity contribution >= 4 is 38.5 Å². The Kier molecular flexibility index (Phi) is 4.64. The third kappa shape index (κ3) is 3.67. The second-order valence-corrected chi connectivity index (χ2v) is 8.04. The van der Waals surface area contributed by atoms with Crippen molar-refractivity contribution in [2.24, 2.45) is 0 Å². The molecule has 0 unspecified atom stereocenters. The van der Waals surface area contributed by atoms with E-state index in [1.54, 1.807) is 29.2 Å². The first-order valence-corrected chi connectivity index (χ1v) is 9.81. The molecular weight excluding hydrogens is 358 g/mol. The molecule has 0 aromatic heterocycles. The Bertz CT molecular complexity index is 970. The summed E-state index contributed by atoms with van der Waals surface area (Å²) in [5.41, 5.74) is 1.23. The van der Waals surface area contributed by atoms with Gasteiger partial charge in [-0.05, 0) is 42.8 Å². The van der Waals surface area contributed by atoms with Gasteiger partial charge in [0.1, 0.15) is 5.69 Å². The van der Waals surface area contributed by atoms with Gasteiger partial charge in [-0.1, -0.05) is 0 Å². The van der Waals surface area contributed by atoms with Crippen molar-refractivity contribution in [3.05, 3.63) is 52.6 Å². The molecule has 1 fully saturated rings. The summed E-state index contributed by atoms with van der Waals surface area (Å²) < 4.78 is 23.2. The standard InChI is InChI=1S/C17H17N3O5S/c1-26(24,25)14-8-9-15(16(11-14)20(22)23)18-12-4-6-13(7-5-12)19-10-2-3-17(19)21/h4-9,11,18H,2-3,10H2,1H3. The van der Waals surface area contributed by atoms with Crippen LogP contribution in [-0.4, -0.2) is 32.0 Å². The molecule has 1 aliphatic rings. The number of hydrogen-bond acceptors (Lipinski definition) is 6. The highest BCUT2D eigenvalue weighted by atomic mass is 32.2. The number of nitro benzene ring substituents is 1. The molecule has 0 spiro atoms. The number of nitrogens with zero attached hydrogens (tertiary/aromatic N) is 2. The molecule has 136 valence electrons. The maximum Gasteiger partial charge on any atom is 0.293 e. The van der Waals surface area contributed by atoms with E-state index in [0.29, 0.717) is 18.7 Å². The van der Waals surface area contributed by atoms with Gasteiger partial charge in [-0.25, -0.2) is 8.42 Å². The Morgan fingerprint density at radius 2 is 1.85 bits per heavy atom. The van der Waals surface area contributed by atoms with E-state index in [0.717, 1.165) is 24.4 Å². The summed E-state index contributed by atoms with van der Waals surface area (Å²) in [5, 5.41) is 14.2. The van der Waals surface area contributed by atoms with Crippen molar-refractivity contribution in [2.45, 2.75) is 17.7 Å². The summed E-state index contributed by atoms with van der Waals surface area (Å²) >= 11 is 0. The second kappa shape index (κ2) is 6.75. The molecule has 3 rings (SSSR count). The van der Waals surface area contributed by atoms with Crippen LogP contribution < -0.4 is 10.2 Å². The molecule has 1 aliphatic heterocycles. The summed E-state index contributed by atoms with van der Waals surface area (Å²) in [7, 11) is -3.54. The van der Waals surface area contributed by atoms with Gasteiger partial charge in [0, 0.05) is 36.7 Å². The molecule has 2 aromatic carbocycles. The van der Waals surface area contributed by atoms with Crippen LogP contribution in [0.2, 0.25) is 0 Å². The predicted molar refractivity (Wildman–Crippen MR) is 97.5 cm³/mol. The SMILES string of the molecule is CS(=O)(=O)c1ccc(Nc2ccc(N3CCCC3=O)cc2)c([N+](=O)[O-])c1. The molecule has 0 bridgehead atoms. The van der Waals surface area contributed by atoms with Crippen molar-refractivity contribution < 1.29 is 18.1 Å². The largest absolute Gasteiger partial charge is 0.350 e. The summed E-state index contributed by atoms with van der Waals surface area (Å²) in [4.78, 5) is 24.0. The predicted octanol–water partition coefficient (Wildman–Crippen LogP) is 2.87. The molecule has 0 saturated carbocycles. The Hall–Kier alpha value is -2.94. The Morgan fingerprint density at radius 1 is 1.15 bits per heavy atom. The number of anilines is 3. The molecular formula is C17H17N3O5S. The van der Waals surface area contributed by atoms with Crippen LogP contribution in [0.4, 0.5) is 22.7 Å². The quantitative estimate of drug-likeness (QED) is 0.636. The maximum atomic E-state index is 11.8. The van der Waals surface area contributed by atoms with E-state index in [1.165, 1.54) is 12.1 Å². The first-order chi connectivity index (χ1) is 12.3. The van der Waals surface area contributed by atoms with Crippen LogP contribution in [0.1, 0.15) is 12.8 Å². The van der Waals surface area contributed by atoms with Gasteiger partial charge in [-0.3, -0.25) is 14.9 Å². The minimum absolute atomic E-state index is 0.0812. The number of amides is 1. The van der Waals surface area contributed by atoms with E-state index < -0.39 is 14.8 Å². The van der Waals surface area contributed by atoms with Gasteiger partial charge in [-0.2, -0.15) is 0 Å². The lowest BCUT2D eigenvalue weighted by atomic mass is 10.2. The van der Waals surface area contributed by atoms with E-state index >= 15 is 0 Å². The molecule has 0 radical (unpaired) electrons. The summed E-state index contributed by atoms with van der Waals surface area (Å²) in [6.45, 7) is 0.685. The zero-order valence-corrected chi connectivity index (χ0v) is 14.8. The molecule has 26 heavy (non-hydrogen) atoms. The highest BCUT2D eigenvalue weighted by molar-refractivity contribution is 7.90. The molecule has 8 nitrogen and oxygen atoms in total. The van der Waals surface area contributed by atoms with Crippen molar-refractivity contribution in [3.63, 3.8) is 0 Å². The average Bonchev–Trinajstić information content (AvgIpc) is 3.01. The Labute approximate surface area is 150 Å². The topological polar surface area (TPSA) is 110 Å². The molecule has 9 heteroatoms. The van der Waals surface area contributed by atoms with Crippen LogP contribution in [0.3, 0.4) is 0 Å². The Morgan fingerprint density at radius 3 is 2.38 bits per heavy atom. The van der Waals surface area contributed by atoms with E-state index in [9.17, 15) is 23.3 Å². The lowest BCUT2D eigenvalue weighted by Gasteiger charge is -2.16. The lowest BCUT2D eigenvalue weighted by molar-refractivity contribution is -0.384. The fourth-order valence-corrected chi connectivity index (χ4v) is 3.44. The summed E-state index contributed by atoms with van der Waals surface area (Å²) in [6, 6.07) is 10.7. The van der Waals surface area contributed by atoms with E-state index in [2.05, 4.69) is 5.32 Å². The molecule has 1 amide bonds. The zero-order valence-electron chi connectivity index (χ0n) is 14.0. The van der Waals surface area contributed by atoms with Crippen LogP contribution in [0.25, 0.3) is 0 Å². The van der Waals surface area contributed by atoms with Crippen LogP contribution >= 0.6 is 0 Å². The van der Waals surface area contributed by atoms with Crippen LogP contribution in [0, 0.1) is 10.1 Å². The number of benzene rings is 2. The molecule has 1 N–H and O–H groups in total. The summed E-state index contributed by atoms with van der Waals surface area (Å²) in [6.07, 6.45) is 2.37. The number of carbonyl (C=O) groups excluding carboxylic acids is 1. The average molecular weight is 375 g/mol. The Balaban J connectivity index is 1.86. The fourth-order valence-electron chi connectivity index (χ4n) is 2.80. The number of nitro groups is 1. The van der Waals surface area contributed by atoms with Gasteiger partial charge in [0.15, 0.2) is 9.84 Å². The van der Waals surface area contributed by atoms with E-state index in [-0.39, 0.29) is 22.2 Å². The number of hydrogen-bond donors (Lipinski definition) is 1. The molecule has 0 aliphatic carbocycles. The zero-order chi connectivity index (χ0) is 18.9. The first-order valence-electron chi connectivity index (χ1n) is 7.91. The minimum Gasteiger partial charge on any atom is -0.350 e. The number of nitrogens with one attached hydrogen (secondary N) is 1. The highest BCUT2D eigenvalue weighted by Crippen LogP contribution is 2.31. The lowest BCUT2D eigenvalue weighted by Crippen LogP contribution is -2.23. The normalized spacial score (nSPS) is 14.5. The summed E-state index contributed by atoms with van der Waals surface area (Å²) in [5.74, 6) is 0.0812.